The van der Waals surface area contributed by atoms with E-state index in [0.29, 0.717) is 37.7 Å². The van der Waals surface area contributed by atoms with Crippen molar-refractivity contribution >= 4 is 23.4 Å². The highest BCUT2D eigenvalue weighted by Crippen LogP contribution is 2.36. The van der Waals surface area contributed by atoms with E-state index in [2.05, 4.69) is 55.7 Å². The first-order valence-corrected chi connectivity index (χ1v) is 15.2. The topological polar surface area (TPSA) is 84.1 Å². The number of aryl methyl sites for hydroxylation is 2. The second kappa shape index (κ2) is 12.1. The fourth-order valence-corrected chi connectivity index (χ4v) is 6.52. The maximum Gasteiger partial charge on any atom is 0.338 e. The van der Waals surface area contributed by atoms with Gasteiger partial charge in [-0.15, -0.1) is 0 Å². The number of rotatable bonds is 8. The number of allylic oxidation sites excluding steroid dienone is 1. The molecular weight excluding hydrogens is 562 g/mol. The Kier molecular flexibility index (Phi) is 8.46. The molecule has 4 aromatic rings. The lowest BCUT2D eigenvalue weighted by molar-refractivity contribution is -0.139. The Morgan fingerprint density at radius 2 is 1.77 bits per heavy atom. The largest absolute Gasteiger partial charge is 0.493 e. The standard InChI is InChI=1S/C34H37N3O5S/c1-9-41-33(39)30-22(6)35-34-37(31(30)24-12-15-27(42-19(2)3)28(17-24)40-8)32(38)29(43-34)18-25-16-21(5)36(23(25)7)26-13-10-20(4)11-14-26/h10-19,31H,9H2,1-8H3/b29-18+/t31-/m0/s1. The van der Waals surface area contributed by atoms with E-state index in [4.69, 9.17) is 19.2 Å². The molecule has 1 atom stereocenters. The summed E-state index contributed by atoms with van der Waals surface area (Å²) in [7, 11) is 1.57. The van der Waals surface area contributed by atoms with E-state index in [1.54, 1.807) is 25.5 Å². The second-order valence-electron chi connectivity index (χ2n) is 10.9. The van der Waals surface area contributed by atoms with E-state index >= 15 is 0 Å². The van der Waals surface area contributed by atoms with Crippen LogP contribution in [0, 0.1) is 20.8 Å². The molecule has 224 valence electrons. The number of methoxy groups -OCH3 is 1. The molecule has 5 rings (SSSR count). The Morgan fingerprint density at radius 3 is 2.42 bits per heavy atom. The van der Waals surface area contributed by atoms with Crippen LogP contribution in [0.4, 0.5) is 0 Å². The van der Waals surface area contributed by atoms with Crippen LogP contribution < -0.4 is 24.4 Å². The average Bonchev–Trinajstić information content (AvgIpc) is 3.42. The molecule has 0 spiro atoms. The van der Waals surface area contributed by atoms with Crippen molar-refractivity contribution < 1.29 is 19.0 Å². The number of aromatic nitrogens is 2. The zero-order valence-corrected chi connectivity index (χ0v) is 26.7. The van der Waals surface area contributed by atoms with Crippen LogP contribution in [0.5, 0.6) is 11.5 Å². The molecule has 0 unspecified atom stereocenters. The molecule has 0 amide bonds. The number of benzene rings is 2. The highest BCUT2D eigenvalue weighted by Gasteiger charge is 2.34. The molecule has 8 nitrogen and oxygen atoms in total. The molecule has 2 aromatic carbocycles. The normalized spacial score (nSPS) is 15.0. The Morgan fingerprint density at radius 1 is 1.05 bits per heavy atom. The minimum absolute atomic E-state index is 0.0531. The van der Waals surface area contributed by atoms with Crippen molar-refractivity contribution in [3.05, 3.63) is 108 Å². The summed E-state index contributed by atoms with van der Waals surface area (Å²) in [5, 5.41) is 0. The average molecular weight is 600 g/mol. The smallest absolute Gasteiger partial charge is 0.338 e. The SMILES string of the molecule is CCOC(=O)C1=C(C)N=c2s/c(=C/c3cc(C)n(-c4ccc(C)cc4)c3C)c(=O)n2[C@H]1c1ccc(OC(C)C)c(OC)c1. The van der Waals surface area contributed by atoms with Crippen molar-refractivity contribution in [3.8, 4) is 17.2 Å². The summed E-state index contributed by atoms with van der Waals surface area (Å²) >= 11 is 1.31. The van der Waals surface area contributed by atoms with E-state index in [1.807, 2.05) is 38.1 Å². The summed E-state index contributed by atoms with van der Waals surface area (Å²) < 4.78 is 21.3. The molecule has 0 fully saturated rings. The van der Waals surface area contributed by atoms with Gasteiger partial charge in [0, 0.05) is 17.1 Å². The highest BCUT2D eigenvalue weighted by atomic mass is 32.1. The fraction of sp³-hybridized carbons (Fsp3) is 0.324. The van der Waals surface area contributed by atoms with Gasteiger partial charge in [-0.3, -0.25) is 9.36 Å². The van der Waals surface area contributed by atoms with Gasteiger partial charge in [-0.05, 0) is 96.0 Å². The van der Waals surface area contributed by atoms with Gasteiger partial charge in [0.15, 0.2) is 16.3 Å². The number of thiazole rings is 1. The fourth-order valence-electron chi connectivity index (χ4n) is 5.48. The first kappa shape index (κ1) is 30.1. The van der Waals surface area contributed by atoms with Crippen molar-refractivity contribution in [1.29, 1.82) is 0 Å². The number of carbonyl (C=O) groups is 1. The molecule has 0 saturated heterocycles. The molecule has 9 heteroatoms. The van der Waals surface area contributed by atoms with E-state index in [1.165, 1.54) is 16.9 Å². The lowest BCUT2D eigenvalue weighted by atomic mass is 9.95. The van der Waals surface area contributed by atoms with E-state index in [9.17, 15) is 9.59 Å². The zero-order chi connectivity index (χ0) is 31.0. The van der Waals surface area contributed by atoms with Crippen LogP contribution in [0.1, 0.15) is 61.8 Å². The van der Waals surface area contributed by atoms with Crippen LogP contribution in [0.2, 0.25) is 0 Å². The predicted octanol–water partition coefficient (Wildman–Crippen LogP) is 5.31. The van der Waals surface area contributed by atoms with Gasteiger partial charge < -0.3 is 18.8 Å². The molecule has 2 aromatic heterocycles. The molecule has 1 aliphatic heterocycles. The monoisotopic (exact) mass is 599 g/mol. The summed E-state index contributed by atoms with van der Waals surface area (Å²) in [6.45, 7) is 13.8. The molecule has 3 heterocycles. The summed E-state index contributed by atoms with van der Waals surface area (Å²) in [5.74, 6) is 0.580. The van der Waals surface area contributed by atoms with E-state index in [0.717, 1.165) is 22.6 Å². The molecule has 1 aliphatic rings. The lowest BCUT2D eigenvalue weighted by Gasteiger charge is -2.25. The number of esters is 1. The molecule has 0 bridgehead atoms. The van der Waals surface area contributed by atoms with Gasteiger partial charge in [-0.2, -0.15) is 0 Å². The first-order valence-electron chi connectivity index (χ1n) is 14.3. The number of hydrogen-bond donors (Lipinski definition) is 0. The van der Waals surface area contributed by atoms with Crippen LogP contribution in [0.15, 0.2) is 69.6 Å². The van der Waals surface area contributed by atoms with Gasteiger partial charge in [-0.25, -0.2) is 9.79 Å². The summed E-state index contributed by atoms with van der Waals surface area (Å²) in [6.07, 6.45) is 1.86. The number of fused-ring (bicyclic) bond motifs is 1. The number of hydrogen-bond acceptors (Lipinski definition) is 7. The summed E-state index contributed by atoms with van der Waals surface area (Å²) in [4.78, 5) is 32.7. The Bertz CT molecular complexity index is 1910. The number of nitrogens with zero attached hydrogens (tertiary/aromatic N) is 3. The maximum atomic E-state index is 14.2. The van der Waals surface area contributed by atoms with Crippen molar-refractivity contribution in [2.75, 3.05) is 13.7 Å². The summed E-state index contributed by atoms with van der Waals surface area (Å²) in [5.41, 5.74) is 6.58. The van der Waals surface area contributed by atoms with Crippen LogP contribution >= 0.6 is 11.3 Å². The van der Waals surface area contributed by atoms with Crippen LogP contribution in [0.25, 0.3) is 11.8 Å². The van der Waals surface area contributed by atoms with Gasteiger partial charge in [0.05, 0.1) is 41.7 Å². The number of ether oxygens (including phenoxy) is 3. The quantitative estimate of drug-likeness (QED) is 0.257. The van der Waals surface area contributed by atoms with Gasteiger partial charge in [0.2, 0.25) is 0 Å². The number of carbonyl (C=O) groups excluding carboxylic acids is 1. The van der Waals surface area contributed by atoms with Crippen molar-refractivity contribution in [2.45, 2.75) is 60.6 Å². The third kappa shape index (κ3) is 5.69. The summed E-state index contributed by atoms with van der Waals surface area (Å²) in [6, 6.07) is 15.2. The highest BCUT2D eigenvalue weighted by molar-refractivity contribution is 7.07. The van der Waals surface area contributed by atoms with Crippen LogP contribution in [-0.4, -0.2) is 34.9 Å². The van der Waals surface area contributed by atoms with Crippen molar-refractivity contribution in [3.63, 3.8) is 0 Å². The van der Waals surface area contributed by atoms with Gasteiger partial charge in [0.25, 0.3) is 5.56 Å². The molecule has 0 aliphatic carbocycles. The van der Waals surface area contributed by atoms with E-state index < -0.39 is 12.0 Å². The second-order valence-corrected chi connectivity index (χ2v) is 11.9. The van der Waals surface area contributed by atoms with Crippen molar-refractivity contribution in [2.24, 2.45) is 4.99 Å². The minimum Gasteiger partial charge on any atom is -0.493 e. The third-order valence-corrected chi connectivity index (χ3v) is 8.42. The van der Waals surface area contributed by atoms with Crippen LogP contribution in [-0.2, 0) is 9.53 Å². The zero-order valence-electron chi connectivity index (χ0n) is 25.8. The van der Waals surface area contributed by atoms with Crippen molar-refractivity contribution in [1.82, 2.24) is 9.13 Å². The van der Waals surface area contributed by atoms with Gasteiger partial charge in [0.1, 0.15) is 0 Å². The van der Waals surface area contributed by atoms with Gasteiger partial charge in [-0.1, -0.05) is 35.1 Å². The Balaban J connectivity index is 1.69. The molecule has 43 heavy (non-hydrogen) atoms. The lowest BCUT2D eigenvalue weighted by Crippen LogP contribution is -2.40. The first-order chi connectivity index (χ1) is 20.5. The van der Waals surface area contributed by atoms with E-state index in [-0.39, 0.29) is 18.3 Å². The molecule has 0 radical (unpaired) electrons. The Hall–Kier alpha value is -4.37. The predicted molar refractivity (Wildman–Crippen MR) is 169 cm³/mol. The molecule has 0 N–H and O–H groups in total. The third-order valence-electron chi connectivity index (χ3n) is 7.43. The van der Waals surface area contributed by atoms with Crippen LogP contribution in [0.3, 0.4) is 0 Å². The molecular formula is C34H37N3O5S. The maximum absolute atomic E-state index is 14.2. The molecule has 0 saturated carbocycles. The Labute approximate surface area is 255 Å². The van der Waals surface area contributed by atoms with Gasteiger partial charge >= 0.3 is 5.97 Å². The minimum atomic E-state index is -0.751.